The number of amides is 1. The van der Waals surface area contributed by atoms with Gasteiger partial charge < -0.3 is 4.90 Å². The molecule has 0 atom stereocenters. The average molecular weight is 310 g/mol. The molecule has 0 radical (unpaired) electrons. The van der Waals surface area contributed by atoms with Crippen LogP contribution in [0.5, 0.6) is 0 Å². The Bertz CT molecular complexity index is 624. The van der Waals surface area contributed by atoms with E-state index in [1.54, 1.807) is 25.1 Å². The number of aryl methyl sites for hydroxylation is 2. The Balaban J connectivity index is 2.73. The van der Waals surface area contributed by atoms with Crippen molar-refractivity contribution in [2.45, 2.75) is 25.7 Å². The molecule has 21 heavy (non-hydrogen) atoms. The zero-order valence-corrected chi connectivity index (χ0v) is 13.5. The monoisotopic (exact) mass is 310 g/mol. The van der Waals surface area contributed by atoms with Crippen LogP contribution in [-0.2, 0) is 14.8 Å². The van der Waals surface area contributed by atoms with Gasteiger partial charge in [0, 0.05) is 26.6 Å². The highest BCUT2D eigenvalue weighted by atomic mass is 32.2. The second kappa shape index (κ2) is 7.38. The number of rotatable bonds is 7. The van der Waals surface area contributed by atoms with Crippen LogP contribution in [0.25, 0.3) is 0 Å². The highest BCUT2D eigenvalue weighted by molar-refractivity contribution is 7.89. The largest absolute Gasteiger partial charge is 0.338 e. The summed E-state index contributed by atoms with van der Waals surface area (Å²) in [6.45, 7) is 9.58. The molecule has 0 aliphatic rings. The summed E-state index contributed by atoms with van der Waals surface area (Å²) in [5.74, 6) is -0.111. The summed E-state index contributed by atoms with van der Waals surface area (Å²) in [7, 11) is -3.56. The minimum absolute atomic E-state index is 0.111. The molecule has 0 saturated carbocycles. The quantitative estimate of drug-likeness (QED) is 0.778. The number of nitrogens with one attached hydrogen (secondary N) is 1. The molecule has 1 rings (SSSR count). The molecule has 5 nitrogen and oxygen atoms in total. The number of benzene rings is 1. The summed E-state index contributed by atoms with van der Waals surface area (Å²) >= 11 is 0. The first kappa shape index (κ1) is 17.4. The lowest BCUT2D eigenvalue weighted by Gasteiger charge is -2.19. The van der Waals surface area contributed by atoms with Crippen molar-refractivity contribution in [1.82, 2.24) is 9.62 Å². The number of sulfonamides is 1. The zero-order chi connectivity index (χ0) is 16.0. The van der Waals surface area contributed by atoms with Crippen molar-refractivity contribution in [3.8, 4) is 0 Å². The lowest BCUT2D eigenvalue weighted by atomic mass is 10.2. The summed E-state index contributed by atoms with van der Waals surface area (Å²) in [6, 6.07) is 5.19. The Kier molecular flexibility index (Phi) is 6.11. The number of carbonyl (C=O) groups is 1. The van der Waals surface area contributed by atoms with Gasteiger partial charge in [-0.2, -0.15) is 0 Å². The van der Waals surface area contributed by atoms with Gasteiger partial charge in [0.15, 0.2) is 0 Å². The Morgan fingerprint density at radius 1 is 1.38 bits per heavy atom. The highest BCUT2D eigenvalue weighted by Crippen LogP contribution is 2.15. The lowest BCUT2D eigenvalue weighted by Crippen LogP contribution is -2.37. The van der Waals surface area contributed by atoms with Crippen molar-refractivity contribution in [2.75, 3.05) is 19.6 Å². The normalized spacial score (nSPS) is 11.2. The molecule has 1 N–H and O–H groups in total. The molecule has 6 heteroatoms. The van der Waals surface area contributed by atoms with Crippen LogP contribution in [0.2, 0.25) is 0 Å². The van der Waals surface area contributed by atoms with Crippen LogP contribution in [0, 0.1) is 13.8 Å². The van der Waals surface area contributed by atoms with Crippen molar-refractivity contribution >= 4 is 15.9 Å². The van der Waals surface area contributed by atoms with Crippen LogP contribution >= 0.6 is 0 Å². The van der Waals surface area contributed by atoms with Gasteiger partial charge >= 0.3 is 0 Å². The van der Waals surface area contributed by atoms with E-state index in [4.69, 9.17) is 0 Å². The summed E-state index contributed by atoms with van der Waals surface area (Å²) in [5.41, 5.74) is 1.72. The minimum Gasteiger partial charge on any atom is -0.338 e. The van der Waals surface area contributed by atoms with Crippen LogP contribution < -0.4 is 4.72 Å². The molecule has 1 aromatic rings. The van der Waals surface area contributed by atoms with Gasteiger partial charge in [-0.15, -0.1) is 6.58 Å². The Hall–Kier alpha value is -1.66. The Labute approximate surface area is 126 Å². The van der Waals surface area contributed by atoms with Gasteiger partial charge in [-0.3, -0.25) is 4.79 Å². The van der Waals surface area contributed by atoms with Gasteiger partial charge in [-0.1, -0.05) is 23.8 Å². The van der Waals surface area contributed by atoms with E-state index >= 15 is 0 Å². The van der Waals surface area contributed by atoms with E-state index in [0.717, 1.165) is 5.56 Å². The van der Waals surface area contributed by atoms with E-state index < -0.39 is 10.0 Å². The van der Waals surface area contributed by atoms with Gasteiger partial charge in [0.1, 0.15) is 0 Å². The molecule has 0 aromatic heterocycles. The SMILES string of the molecule is C=CCN(CCNS(=O)(=O)c1ccc(C)cc1C)C(C)=O. The number of hydrogen-bond acceptors (Lipinski definition) is 3. The minimum atomic E-state index is -3.56. The van der Waals surface area contributed by atoms with Crippen molar-refractivity contribution < 1.29 is 13.2 Å². The molecule has 0 saturated heterocycles. The molecule has 0 aliphatic carbocycles. The third-order valence-electron chi connectivity index (χ3n) is 3.09. The fraction of sp³-hybridized carbons (Fsp3) is 0.400. The Morgan fingerprint density at radius 2 is 2.05 bits per heavy atom. The highest BCUT2D eigenvalue weighted by Gasteiger charge is 2.17. The van der Waals surface area contributed by atoms with Gasteiger partial charge in [0.25, 0.3) is 0 Å². The Morgan fingerprint density at radius 3 is 2.57 bits per heavy atom. The number of hydrogen-bond donors (Lipinski definition) is 1. The second-order valence-electron chi connectivity index (χ2n) is 4.92. The van der Waals surface area contributed by atoms with Crippen LogP contribution in [0.15, 0.2) is 35.7 Å². The maximum atomic E-state index is 12.2. The summed E-state index contributed by atoms with van der Waals surface area (Å²) in [4.78, 5) is 13.1. The maximum Gasteiger partial charge on any atom is 0.240 e. The van der Waals surface area contributed by atoms with Crippen molar-refractivity contribution in [1.29, 1.82) is 0 Å². The van der Waals surface area contributed by atoms with Gasteiger partial charge in [-0.05, 0) is 25.5 Å². The van der Waals surface area contributed by atoms with E-state index in [0.29, 0.717) is 18.7 Å². The number of nitrogens with zero attached hydrogens (tertiary/aromatic N) is 1. The predicted octanol–water partition coefficient (Wildman–Crippen LogP) is 1.62. The molecular weight excluding hydrogens is 288 g/mol. The molecule has 0 unspecified atom stereocenters. The molecule has 0 fully saturated rings. The smallest absolute Gasteiger partial charge is 0.240 e. The first-order chi connectivity index (χ1) is 9.77. The topological polar surface area (TPSA) is 66.5 Å². The average Bonchev–Trinajstić information content (AvgIpc) is 2.36. The second-order valence-corrected chi connectivity index (χ2v) is 6.66. The molecule has 1 aromatic carbocycles. The summed E-state index contributed by atoms with van der Waals surface area (Å²) in [6.07, 6.45) is 1.61. The van der Waals surface area contributed by atoms with Gasteiger partial charge in [0.05, 0.1) is 4.90 Å². The first-order valence-corrected chi connectivity index (χ1v) is 8.19. The summed E-state index contributed by atoms with van der Waals surface area (Å²) < 4.78 is 27.0. The molecule has 1 amide bonds. The predicted molar refractivity (Wildman–Crippen MR) is 83.6 cm³/mol. The molecule has 116 valence electrons. The molecule has 0 bridgehead atoms. The van der Waals surface area contributed by atoms with E-state index in [9.17, 15) is 13.2 Å². The third kappa shape index (κ3) is 4.99. The van der Waals surface area contributed by atoms with Crippen LogP contribution in [0.3, 0.4) is 0 Å². The summed E-state index contributed by atoms with van der Waals surface area (Å²) in [5, 5.41) is 0. The molecule has 0 aliphatic heterocycles. The molecule has 0 spiro atoms. The van der Waals surface area contributed by atoms with E-state index in [-0.39, 0.29) is 17.3 Å². The zero-order valence-electron chi connectivity index (χ0n) is 12.7. The third-order valence-corrected chi connectivity index (χ3v) is 4.71. The van der Waals surface area contributed by atoms with E-state index in [1.807, 2.05) is 13.0 Å². The van der Waals surface area contributed by atoms with Gasteiger partial charge in [0.2, 0.25) is 15.9 Å². The van der Waals surface area contributed by atoms with E-state index in [2.05, 4.69) is 11.3 Å². The van der Waals surface area contributed by atoms with Crippen LogP contribution in [0.1, 0.15) is 18.1 Å². The first-order valence-electron chi connectivity index (χ1n) is 6.71. The fourth-order valence-electron chi connectivity index (χ4n) is 2.03. The number of carbonyl (C=O) groups excluding carboxylic acids is 1. The standard InChI is InChI=1S/C15H22N2O3S/c1-5-9-17(14(4)18)10-8-16-21(19,20)15-7-6-12(2)11-13(15)3/h5-7,11,16H,1,8-10H2,2-4H3. The lowest BCUT2D eigenvalue weighted by molar-refractivity contribution is -0.128. The molecule has 0 heterocycles. The van der Waals surface area contributed by atoms with Crippen LogP contribution in [0.4, 0.5) is 0 Å². The van der Waals surface area contributed by atoms with Crippen molar-refractivity contribution in [3.63, 3.8) is 0 Å². The van der Waals surface area contributed by atoms with E-state index in [1.165, 1.54) is 11.8 Å². The van der Waals surface area contributed by atoms with Crippen LogP contribution in [-0.4, -0.2) is 38.9 Å². The van der Waals surface area contributed by atoms with Crippen molar-refractivity contribution in [2.24, 2.45) is 0 Å². The fourth-order valence-corrected chi connectivity index (χ4v) is 3.27. The van der Waals surface area contributed by atoms with Gasteiger partial charge in [-0.25, -0.2) is 13.1 Å². The molecular formula is C15H22N2O3S. The van der Waals surface area contributed by atoms with Crippen molar-refractivity contribution in [3.05, 3.63) is 42.0 Å². The maximum absolute atomic E-state index is 12.2.